The molecule has 0 aromatic rings. The minimum atomic E-state index is -1.19. The number of allylic oxidation sites excluding steroid dienone is 1. The van der Waals surface area contributed by atoms with Crippen molar-refractivity contribution in [1.29, 1.82) is 0 Å². The predicted octanol–water partition coefficient (Wildman–Crippen LogP) is 0.632. The van der Waals surface area contributed by atoms with Crippen molar-refractivity contribution in [3.05, 3.63) is 22.6 Å². The van der Waals surface area contributed by atoms with Gasteiger partial charge in [-0.25, -0.2) is 4.79 Å². The molecule has 3 N–H and O–H groups in total. The second kappa shape index (κ2) is 5.07. The number of nitrogens with zero attached hydrogens (tertiary/aromatic N) is 1. The lowest BCUT2D eigenvalue weighted by atomic mass is 9.82. The van der Waals surface area contributed by atoms with Gasteiger partial charge in [-0.05, 0) is 12.8 Å². The number of fused-ring (bicyclic) bond motifs is 2. The van der Waals surface area contributed by atoms with Gasteiger partial charge in [-0.1, -0.05) is 13.8 Å². The van der Waals surface area contributed by atoms with Crippen LogP contribution in [0.15, 0.2) is 22.6 Å². The summed E-state index contributed by atoms with van der Waals surface area (Å²) in [6, 6.07) is 0. The van der Waals surface area contributed by atoms with Crippen LogP contribution in [0.3, 0.4) is 0 Å². The molecule has 0 saturated carbocycles. The number of rotatable bonds is 2. The van der Waals surface area contributed by atoms with Crippen LogP contribution in [0.1, 0.15) is 20.8 Å². The Labute approximate surface area is 138 Å². The molecule has 1 saturated heterocycles. The average molecular weight is 336 g/mol. The summed E-state index contributed by atoms with van der Waals surface area (Å²) in [5.41, 5.74) is 4.09. The van der Waals surface area contributed by atoms with Crippen LogP contribution in [0, 0.1) is 11.8 Å². The van der Waals surface area contributed by atoms with E-state index in [9.17, 15) is 19.5 Å². The van der Waals surface area contributed by atoms with Crippen molar-refractivity contribution in [3.63, 3.8) is 0 Å². The molecule has 8 heteroatoms. The normalized spacial score (nSPS) is 35.5. The molecule has 0 bridgehead atoms. The fraction of sp³-hybridized carbons (Fsp3) is 0.562. The number of nitrogens with two attached hydrogens (primary N) is 1. The van der Waals surface area contributed by atoms with Crippen LogP contribution in [0.2, 0.25) is 0 Å². The molecule has 3 aliphatic rings. The van der Waals surface area contributed by atoms with Crippen molar-refractivity contribution in [2.24, 2.45) is 17.6 Å². The predicted molar refractivity (Wildman–Crippen MR) is 81.6 cm³/mol. The molecular formula is C16H20N2O6. The van der Waals surface area contributed by atoms with Gasteiger partial charge in [0, 0.05) is 25.1 Å². The summed E-state index contributed by atoms with van der Waals surface area (Å²) >= 11 is 0. The number of aliphatic hydroxyl groups excluding tert-OH is 1. The van der Waals surface area contributed by atoms with Gasteiger partial charge in [0.1, 0.15) is 5.76 Å². The fourth-order valence-electron chi connectivity index (χ4n) is 4.09. The highest BCUT2D eigenvalue weighted by Gasteiger charge is 2.66. The van der Waals surface area contributed by atoms with E-state index < -0.39 is 29.5 Å². The molecule has 2 aliphatic heterocycles. The van der Waals surface area contributed by atoms with Gasteiger partial charge in [-0.2, -0.15) is 0 Å². The summed E-state index contributed by atoms with van der Waals surface area (Å²) in [5, 5.41) is 10.5. The van der Waals surface area contributed by atoms with E-state index in [1.54, 1.807) is 4.90 Å². The van der Waals surface area contributed by atoms with E-state index in [0.29, 0.717) is 6.54 Å². The summed E-state index contributed by atoms with van der Waals surface area (Å²) in [6.07, 6.45) is -2.26. The smallest absolute Gasteiger partial charge is 0.405 e. The molecule has 1 aliphatic carbocycles. The molecule has 3 rings (SSSR count). The number of Topliss-reactive ketones (excluding diaryl/α,β-unsaturated/α-hetero) is 2. The lowest BCUT2D eigenvalue weighted by molar-refractivity contribution is -0.167. The number of carbonyl (C=O) groups is 3. The number of methoxy groups -OCH3 is 1. The Hall–Kier alpha value is -2.35. The minimum absolute atomic E-state index is 0.0318. The van der Waals surface area contributed by atoms with Gasteiger partial charge in [0.05, 0.1) is 11.3 Å². The van der Waals surface area contributed by atoms with E-state index in [1.807, 2.05) is 13.8 Å². The van der Waals surface area contributed by atoms with E-state index >= 15 is 0 Å². The average Bonchev–Trinajstić information content (AvgIpc) is 2.94. The number of amides is 1. The van der Waals surface area contributed by atoms with E-state index in [0.717, 1.165) is 0 Å². The second-order valence-corrected chi connectivity index (χ2v) is 6.54. The summed E-state index contributed by atoms with van der Waals surface area (Å²) in [6.45, 7) is 5.77. The highest BCUT2D eigenvalue weighted by molar-refractivity contribution is 6.50. The van der Waals surface area contributed by atoms with Gasteiger partial charge in [0.15, 0.2) is 11.8 Å². The number of ketones is 2. The van der Waals surface area contributed by atoms with Crippen molar-refractivity contribution in [2.75, 3.05) is 13.7 Å². The first-order valence-electron chi connectivity index (χ1n) is 7.70. The molecule has 2 heterocycles. The molecule has 8 nitrogen and oxygen atoms in total. The van der Waals surface area contributed by atoms with Gasteiger partial charge >= 0.3 is 6.09 Å². The first kappa shape index (κ1) is 16.5. The number of aliphatic hydroxyl groups is 1. The monoisotopic (exact) mass is 336 g/mol. The molecule has 1 fully saturated rings. The zero-order valence-corrected chi connectivity index (χ0v) is 14.0. The Morgan fingerprint density at radius 2 is 1.96 bits per heavy atom. The third kappa shape index (κ3) is 1.74. The molecule has 24 heavy (non-hydrogen) atoms. The summed E-state index contributed by atoms with van der Waals surface area (Å²) in [4.78, 5) is 37.8. The molecule has 0 aromatic carbocycles. The number of hydrogen-bond donors (Lipinski definition) is 2. The van der Waals surface area contributed by atoms with Crippen LogP contribution >= 0.6 is 0 Å². The minimum Gasteiger partial charge on any atom is -0.505 e. The van der Waals surface area contributed by atoms with Gasteiger partial charge in [-0.3, -0.25) is 9.59 Å². The molecule has 0 radical (unpaired) electrons. The van der Waals surface area contributed by atoms with Crippen molar-refractivity contribution >= 4 is 17.7 Å². The quantitative estimate of drug-likeness (QED) is 0.561. The Kier molecular flexibility index (Phi) is 3.49. The van der Waals surface area contributed by atoms with Gasteiger partial charge in [0.2, 0.25) is 11.6 Å². The Morgan fingerprint density at radius 1 is 1.33 bits per heavy atom. The molecule has 130 valence electrons. The summed E-state index contributed by atoms with van der Waals surface area (Å²) < 4.78 is 10.9. The van der Waals surface area contributed by atoms with Crippen LogP contribution in [-0.2, 0) is 19.1 Å². The number of carbonyl (C=O) groups excluding carboxylic acids is 3. The number of primary amides is 1. The standard InChI is InChI=1S/C16H20N2O6/c1-6-5-18-10-9(13(21)12(20)7(2)11(10)19)14(24-15(17)22)16(18,23-4)8(6)3/h6,8,14,19H,5H2,1-4H3,(H2,17,22)/t6-,8-,14+,16-/m0/s1. The zero-order chi connectivity index (χ0) is 18.0. The number of ether oxygens (including phenoxy) is 2. The fourth-order valence-corrected chi connectivity index (χ4v) is 4.09. The Balaban J connectivity index is 2.27. The molecule has 1 amide bonds. The molecule has 4 atom stereocenters. The maximum Gasteiger partial charge on any atom is 0.405 e. The van der Waals surface area contributed by atoms with E-state index in [1.165, 1.54) is 14.0 Å². The van der Waals surface area contributed by atoms with Crippen LogP contribution in [0.4, 0.5) is 4.79 Å². The van der Waals surface area contributed by atoms with E-state index in [2.05, 4.69) is 0 Å². The second-order valence-electron chi connectivity index (χ2n) is 6.54. The zero-order valence-electron chi connectivity index (χ0n) is 14.0. The highest BCUT2D eigenvalue weighted by atomic mass is 16.6. The van der Waals surface area contributed by atoms with E-state index in [-0.39, 0.29) is 34.4 Å². The summed E-state index contributed by atoms with van der Waals surface area (Å²) in [7, 11) is 1.44. The Bertz CT molecular complexity index is 724. The highest BCUT2D eigenvalue weighted by Crippen LogP contribution is 2.54. The van der Waals surface area contributed by atoms with Crippen molar-refractivity contribution < 1.29 is 29.0 Å². The Morgan fingerprint density at radius 3 is 2.50 bits per heavy atom. The van der Waals surface area contributed by atoms with Gasteiger partial charge in [-0.15, -0.1) is 0 Å². The first-order valence-corrected chi connectivity index (χ1v) is 7.70. The SMILES string of the molecule is CO[C@@]12[C@H](OC(N)=O)C3=C(C(O)=C(C)C(=O)C3=O)N1C[C@H](C)[C@@H]2C. The molecule has 0 spiro atoms. The van der Waals surface area contributed by atoms with Crippen LogP contribution in [0.25, 0.3) is 0 Å². The van der Waals surface area contributed by atoms with Crippen molar-refractivity contribution in [3.8, 4) is 0 Å². The third-order valence-corrected chi connectivity index (χ3v) is 5.49. The maximum atomic E-state index is 12.6. The van der Waals surface area contributed by atoms with Crippen LogP contribution < -0.4 is 5.73 Å². The lowest BCUT2D eigenvalue weighted by Gasteiger charge is -2.40. The van der Waals surface area contributed by atoms with Crippen molar-refractivity contribution in [1.82, 2.24) is 4.90 Å². The lowest BCUT2D eigenvalue weighted by Crippen LogP contribution is -2.55. The molecule has 0 unspecified atom stereocenters. The van der Waals surface area contributed by atoms with Gasteiger partial charge < -0.3 is 25.2 Å². The van der Waals surface area contributed by atoms with Crippen LogP contribution in [0.5, 0.6) is 0 Å². The molecular weight excluding hydrogens is 316 g/mol. The summed E-state index contributed by atoms with van der Waals surface area (Å²) in [5.74, 6) is -1.92. The van der Waals surface area contributed by atoms with Crippen LogP contribution in [-0.4, -0.2) is 53.1 Å². The van der Waals surface area contributed by atoms with E-state index in [4.69, 9.17) is 15.2 Å². The number of hydrogen-bond acceptors (Lipinski definition) is 7. The first-order chi connectivity index (χ1) is 11.2. The van der Waals surface area contributed by atoms with Crippen molar-refractivity contribution in [2.45, 2.75) is 32.6 Å². The maximum absolute atomic E-state index is 12.6. The molecule has 0 aromatic heterocycles. The largest absolute Gasteiger partial charge is 0.505 e. The third-order valence-electron chi connectivity index (χ3n) is 5.49. The topological polar surface area (TPSA) is 119 Å². The van der Waals surface area contributed by atoms with Gasteiger partial charge in [0.25, 0.3) is 0 Å².